The monoisotopic (exact) mass is 651 g/mol. The summed E-state index contributed by atoms with van der Waals surface area (Å²) in [5, 5.41) is 2.77. The summed E-state index contributed by atoms with van der Waals surface area (Å²) >= 11 is 1.91. The predicted octanol–water partition coefficient (Wildman–Crippen LogP) is -1.62. The van der Waals surface area contributed by atoms with Crippen LogP contribution < -0.4 is 38.2 Å². The molecular formula is C39H32B7N3S. The second-order valence-corrected chi connectivity index (χ2v) is 14.5. The van der Waals surface area contributed by atoms with E-state index >= 15 is 0 Å². The molecule has 230 valence electrons. The van der Waals surface area contributed by atoms with Crippen molar-refractivity contribution in [1.29, 1.82) is 0 Å². The van der Waals surface area contributed by atoms with Gasteiger partial charge in [0.1, 0.15) is 54.9 Å². The normalized spacial score (nSPS) is 11.4. The molecule has 0 amide bonds. The van der Waals surface area contributed by atoms with E-state index in [1.165, 1.54) is 69.5 Å². The number of fused-ring (bicyclic) bond motifs is 3. The van der Waals surface area contributed by atoms with Gasteiger partial charge in [0.05, 0.1) is 0 Å². The van der Waals surface area contributed by atoms with Gasteiger partial charge in [-0.3, -0.25) is 0 Å². The number of hydrogen-bond acceptors (Lipinski definition) is 4. The molecule has 3 nitrogen and oxygen atoms in total. The zero-order valence-electron chi connectivity index (χ0n) is 29.6. The molecule has 0 aliphatic heterocycles. The summed E-state index contributed by atoms with van der Waals surface area (Å²) < 4.78 is 2.70. The summed E-state index contributed by atoms with van der Waals surface area (Å²) in [6.45, 7) is 0. The van der Waals surface area contributed by atoms with Crippen LogP contribution in [0.5, 0.6) is 0 Å². The number of aromatic nitrogens is 3. The summed E-state index contributed by atoms with van der Waals surface area (Å²) in [6, 6.07) is 38.0. The van der Waals surface area contributed by atoms with Gasteiger partial charge in [0.15, 0.2) is 17.5 Å². The van der Waals surface area contributed by atoms with Crippen LogP contribution in [0, 0.1) is 0 Å². The number of hydrogen-bond donors (Lipinski definition) is 0. The van der Waals surface area contributed by atoms with E-state index in [1.54, 1.807) is 0 Å². The van der Waals surface area contributed by atoms with Gasteiger partial charge in [-0.2, -0.15) is 0 Å². The maximum Gasteiger partial charge on any atom is 0.164 e. The van der Waals surface area contributed by atoms with Crippen molar-refractivity contribution in [2.24, 2.45) is 0 Å². The average Bonchev–Trinajstić information content (AvgIpc) is 3.58. The average molecular weight is 650 g/mol. The van der Waals surface area contributed by atoms with E-state index in [9.17, 15) is 0 Å². The lowest BCUT2D eigenvalue weighted by atomic mass is 9.64. The molecule has 0 saturated carbocycles. The molecule has 50 heavy (non-hydrogen) atoms. The van der Waals surface area contributed by atoms with Gasteiger partial charge >= 0.3 is 0 Å². The van der Waals surface area contributed by atoms with E-state index in [1.807, 2.05) is 23.5 Å². The van der Waals surface area contributed by atoms with Gasteiger partial charge in [-0.1, -0.05) is 137 Å². The van der Waals surface area contributed by atoms with Gasteiger partial charge in [-0.25, -0.2) is 15.0 Å². The van der Waals surface area contributed by atoms with Crippen molar-refractivity contribution >= 4 is 125 Å². The quantitative estimate of drug-likeness (QED) is 0.211. The predicted molar refractivity (Wildman–Crippen MR) is 237 cm³/mol. The zero-order chi connectivity index (χ0) is 34.7. The summed E-state index contributed by atoms with van der Waals surface area (Å²) in [4.78, 5) is 15.6. The van der Waals surface area contributed by atoms with Crippen LogP contribution in [0.4, 0.5) is 0 Å². The third-order valence-corrected chi connectivity index (χ3v) is 12.1. The fraction of sp³-hybridized carbons (Fsp3) is 0. The number of benzene rings is 6. The Morgan fingerprint density at radius 1 is 0.320 bits per heavy atom. The van der Waals surface area contributed by atoms with E-state index in [0.29, 0.717) is 17.5 Å². The molecule has 11 heteroatoms. The molecule has 0 unspecified atom stereocenters. The zero-order valence-corrected chi connectivity index (χ0v) is 30.5. The minimum absolute atomic E-state index is 0.669. The van der Waals surface area contributed by atoms with Crippen LogP contribution in [0.3, 0.4) is 0 Å². The molecule has 0 aliphatic carbocycles. The Bertz CT molecular complexity index is 2490. The summed E-state index contributed by atoms with van der Waals surface area (Å²) in [7, 11) is 15.8. The van der Waals surface area contributed by atoms with Crippen LogP contribution in [0.15, 0.2) is 109 Å². The van der Waals surface area contributed by atoms with E-state index in [-0.39, 0.29) is 0 Å². The molecule has 0 radical (unpaired) electrons. The fourth-order valence-corrected chi connectivity index (χ4v) is 8.81. The van der Waals surface area contributed by atoms with Gasteiger partial charge in [0.2, 0.25) is 0 Å². The highest BCUT2D eigenvalue weighted by Gasteiger charge is 2.23. The highest BCUT2D eigenvalue weighted by Crippen LogP contribution is 2.32. The molecule has 0 atom stereocenters. The number of rotatable bonds is 5. The second-order valence-electron chi connectivity index (χ2n) is 13.5. The fourth-order valence-electron chi connectivity index (χ4n) is 7.33. The van der Waals surface area contributed by atoms with Gasteiger partial charge in [0, 0.05) is 26.1 Å². The Labute approximate surface area is 303 Å². The van der Waals surface area contributed by atoms with Crippen LogP contribution in [-0.2, 0) is 0 Å². The number of thiophene rings is 1. The first-order chi connectivity index (χ1) is 24.2. The lowest BCUT2D eigenvalue weighted by molar-refractivity contribution is 1.08. The molecule has 0 N–H and O–H groups in total. The molecule has 6 aromatic carbocycles. The molecule has 0 bridgehead atoms. The van der Waals surface area contributed by atoms with Crippen molar-refractivity contribution in [2.75, 3.05) is 0 Å². The topological polar surface area (TPSA) is 38.7 Å². The molecule has 0 fully saturated rings. The van der Waals surface area contributed by atoms with Crippen LogP contribution in [-0.4, -0.2) is 69.9 Å². The van der Waals surface area contributed by atoms with Gasteiger partial charge in [-0.15, -0.1) is 22.3 Å². The highest BCUT2D eigenvalue weighted by atomic mass is 32.1. The standard InChI is InChI=1S/C39H32B7N3S/c40-28-25-26-29(41)32(44)33(45)34(46)36(26)50-35(25)31(43)27(30(28)42)39-48-37(23-15-11-21(12-16-23)19-7-3-1-4-8-19)47-38(49-39)24-17-13-22(14-18-24)20-9-5-2-6-10-20/h1-18H,40-46H2. The highest BCUT2D eigenvalue weighted by molar-refractivity contribution is 7.28. The first kappa shape index (κ1) is 32.2. The molecule has 0 spiro atoms. The second kappa shape index (κ2) is 12.7. The van der Waals surface area contributed by atoms with Crippen molar-refractivity contribution < 1.29 is 0 Å². The largest absolute Gasteiger partial charge is 0.208 e. The molecule has 8 aromatic rings. The van der Waals surface area contributed by atoms with Crippen LogP contribution in [0.25, 0.3) is 76.6 Å². The lowest BCUT2D eigenvalue weighted by Gasteiger charge is -2.17. The molecular weight excluding hydrogens is 618 g/mol. The van der Waals surface area contributed by atoms with Crippen LogP contribution in [0.1, 0.15) is 0 Å². The maximum absolute atomic E-state index is 5.24. The van der Waals surface area contributed by atoms with Crippen molar-refractivity contribution in [1.82, 2.24) is 15.0 Å². The molecule has 2 aromatic heterocycles. The van der Waals surface area contributed by atoms with Gasteiger partial charge in [0.25, 0.3) is 0 Å². The Balaban J connectivity index is 1.34. The summed E-state index contributed by atoms with van der Waals surface area (Å²) in [6.07, 6.45) is 0. The summed E-state index contributed by atoms with van der Waals surface area (Å²) in [5.74, 6) is 2.05. The molecule has 0 saturated heterocycles. The lowest BCUT2D eigenvalue weighted by Crippen LogP contribution is -2.47. The Hall–Kier alpha value is -5.00. The maximum atomic E-state index is 5.24. The third-order valence-electron chi connectivity index (χ3n) is 10.7. The summed E-state index contributed by atoms with van der Waals surface area (Å²) in [5.41, 5.74) is 17.0. The van der Waals surface area contributed by atoms with Crippen molar-refractivity contribution in [3.8, 4) is 56.4 Å². The SMILES string of the molecule is Bc1c(B)c(B)c2c(sc3c(B)c(-c4nc(-c5ccc(-c6ccccc6)cc5)nc(-c5ccc(-c6ccccc6)cc5)n4)c(B)c(B)c32)c1B. The molecule has 8 rings (SSSR count). The third kappa shape index (κ3) is 5.36. The smallest absolute Gasteiger partial charge is 0.164 e. The molecule has 0 aliphatic rings. The number of nitrogens with zero attached hydrogens (tertiary/aromatic N) is 3. The van der Waals surface area contributed by atoms with Crippen molar-refractivity contribution in [3.05, 3.63) is 109 Å². The van der Waals surface area contributed by atoms with Crippen molar-refractivity contribution in [2.45, 2.75) is 0 Å². The minimum Gasteiger partial charge on any atom is -0.208 e. The Kier molecular flexibility index (Phi) is 8.19. The van der Waals surface area contributed by atoms with Gasteiger partial charge in [-0.05, 0) is 33.0 Å². The Morgan fingerprint density at radius 3 is 1.16 bits per heavy atom. The van der Waals surface area contributed by atoms with E-state index < -0.39 is 0 Å². The first-order valence-corrected chi connectivity index (χ1v) is 18.0. The van der Waals surface area contributed by atoms with Crippen LogP contribution >= 0.6 is 11.3 Å². The van der Waals surface area contributed by atoms with Crippen molar-refractivity contribution in [3.63, 3.8) is 0 Å². The van der Waals surface area contributed by atoms with Crippen LogP contribution in [0.2, 0.25) is 0 Å². The van der Waals surface area contributed by atoms with E-state index in [4.69, 9.17) is 15.0 Å². The first-order valence-electron chi connectivity index (χ1n) is 17.2. The Morgan fingerprint density at radius 2 is 0.680 bits per heavy atom. The van der Waals surface area contributed by atoms with E-state index in [2.05, 4.69) is 152 Å². The van der Waals surface area contributed by atoms with E-state index in [0.717, 1.165) is 27.8 Å². The molecule has 2 heterocycles. The minimum atomic E-state index is 0.669. The van der Waals surface area contributed by atoms with Gasteiger partial charge < -0.3 is 0 Å².